The summed E-state index contributed by atoms with van der Waals surface area (Å²) in [5, 5.41) is 0. The van der Waals surface area contributed by atoms with Crippen LogP contribution >= 0.6 is 0 Å². The molecule has 0 bridgehead atoms. The zero-order chi connectivity index (χ0) is 13.7. The van der Waals surface area contributed by atoms with Crippen LogP contribution < -0.4 is 4.74 Å². The Morgan fingerprint density at radius 3 is 2.58 bits per heavy atom. The molecule has 0 saturated heterocycles. The molecule has 0 heterocycles. The molecule has 2 aromatic rings. The van der Waals surface area contributed by atoms with Crippen LogP contribution in [0.4, 0.5) is 4.39 Å². The molecular formula is C16H13FO2. The Morgan fingerprint density at radius 2 is 1.89 bits per heavy atom. The van der Waals surface area contributed by atoms with E-state index in [1.54, 1.807) is 6.08 Å². The lowest BCUT2D eigenvalue weighted by atomic mass is 10.1. The SMILES string of the molecule is COc1ccc(F)cc1C(=O)C=Cc1ccccc1. The molecule has 0 unspecified atom stereocenters. The normalized spacial score (nSPS) is 10.6. The largest absolute Gasteiger partial charge is 0.496 e. The first-order valence-electron chi connectivity index (χ1n) is 5.81. The highest BCUT2D eigenvalue weighted by molar-refractivity contribution is 6.08. The fourth-order valence-electron chi connectivity index (χ4n) is 1.70. The van der Waals surface area contributed by atoms with Crippen molar-refractivity contribution in [1.29, 1.82) is 0 Å². The predicted molar refractivity (Wildman–Crippen MR) is 72.8 cm³/mol. The van der Waals surface area contributed by atoms with E-state index in [0.717, 1.165) is 5.56 Å². The molecule has 2 aromatic carbocycles. The van der Waals surface area contributed by atoms with E-state index in [4.69, 9.17) is 4.74 Å². The van der Waals surface area contributed by atoms with Crippen LogP contribution in [-0.2, 0) is 0 Å². The molecule has 0 saturated carbocycles. The number of carbonyl (C=O) groups excluding carboxylic acids is 1. The fraction of sp³-hybridized carbons (Fsp3) is 0.0625. The maximum absolute atomic E-state index is 13.2. The second-order valence-corrected chi connectivity index (χ2v) is 3.95. The molecule has 0 aliphatic carbocycles. The van der Waals surface area contributed by atoms with Gasteiger partial charge < -0.3 is 4.74 Å². The number of rotatable bonds is 4. The Morgan fingerprint density at radius 1 is 1.16 bits per heavy atom. The van der Waals surface area contributed by atoms with Gasteiger partial charge in [-0.05, 0) is 29.8 Å². The summed E-state index contributed by atoms with van der Waals surface area (Å²) in [5.41, 5.74) is 1.13. The van der Waals surface area contributed by atoms with E-state index in [0.29, 0.717) is 5.75 Å². The van der Waals surface area contributed by atoms with Crippen LogP contribution in [0.2, 0.25) is 0 Å². The highest BCUT2D eigenvalue weighted by Gasteiger charge is 2.10. The van der Waals surface area contributed by atoms with Crippen molar-refractivity contribution in [3.8, 4) is 5.75 Å². The topological polar surface area (TPSA) is 26.3 Å². The van der Waals surface area contributed by atoms with Crippen LogP contribution in [0.5, 0.6) is 5.75 Å². The first kappa shape index (κ1) is 13.0. The van der Waals surface area contributed by atoms with E-state index in [1.165, 1.54) is 31.4 Å². The number of hydrogen-bond donors (Lipinski definition) is 0. The van der Waals surface area contributed by atoms with Gasteiger partial charge in [-0.25, -0.2) is 4.39 Å². The summed E-state index contributed by atoms with van der Waals surface area (Å²) in [6.07, 6.45) is 3.10. The summed E-state index contributed by atoms with van der Waals surface area (Å²) in [5.74, 6) is -0.387. The lowest BCUT2D eigenvalue weighted by molar-refractivity contribution is 0.104. The molecule has 0 N–H and O–H groups in total. The fourth-order valence-corrected chi connectivity index (χ4v) is 1.70. The van der Waals surface area contributed by atoms with Crippen molar-refractivity contribution in [3.05, 3.63) is 71.6 Å². The molecule has 0 aliphatic heterocycles. The number of ketones is 1. The van der Waals surface area contributed by atoms with Gasteiger partial charge in [0.2, 0.25) is 0 Å². The average Bonchev–Trinajstić information content (AvgIpc) is 2.46. The minimum absolute atomic E-state index is 0.217. The number of carbonyl (C=O) groups is 1. The monoisotopic (exact) mass is 256 g/mol. The predicted octanol–water partition coefficient (Wildman–Crippen LogP) is 3.73. The molecule has 2 nitrogen and oxygen atoms in total. The minimum Gasteiger partial charge on any atom is -0.496 e. The summed E-state index contributed by atoms with van der Waals surface area (Å²) in [6, 6.07) is 13.3. The summed E-state index contributed by atoms with van der Waals surface area (Å²) in [7, 11) is 1.45. The van der Waals surface area contributed by atoms with E-state index in [9.17, 15) is 9.18 Å². The Labute approximate surface area is 111 Å². The number of hydrogen-bond acceptors (Lipinski definition) is 2. The van der Waals surface area contributed by atoms with Crippen LogP contribution in [0.25, 0.3) is 6.08 Å². The first-order valence-corrected chi connectivity index (χ1v) is 5.81. The average molecular weight is 256 g/mol. The van der Waals surface area contributed by atoms with Crippen molar-refractivity contribution in [2.75, 3.05) is 7.11 Å². The van der Waals surface area contributed by atoms with Crippen LogP contribution in [0.3, 0.4) is 0 Å². The van der Waals surface area contributed by atoms with Gasteiger partial charge in [-0.15, -0.1) is 0 Å². The lowest BCUT2D eigenvalue weighted by Gasteiger charge is -2.05. The van der Waals surface area contributed by atoms with E-state index >= 15 is 0 Å². The third-order valence-corrected chi connectivity index (χ3v) is 2.65. The molecule has 19 heavy (non-hydrogen) atoms. The zero-order valence-electron chi connectivity index (χ0n) is 10.5. The molecule has 2 rings (SSSR count). The number of halogens is 1. The first-order chi connectivity index (χ1) is 9.20. The summed E-state index contributed by atoms with van der Waals surface area (Å²) in [6.45, 7) is 0. The minimum atomic E-state index is -0.461. The lowest BCUT2D eigenvalue weighted by Crippen LogP contribution is -1.99. The Balaban J connectivity index is 2.25. The highest BCUT2D eigenvalue weighted by atomic mass is 19.1. The van der Waals surface area contributed by atoms with Gasteiger partial charge in [-0.1, -0.05) is 36.4 Å². The summed E-state index contributed by atoms with van der Waals surface area (Å²) < 4.78 is 18.2. The molecule has 0 radical (unpaired) electrons. The second-order valence-electron chi connectivity index (χ2n) is 3.95. The number of methoxy groups -OCH3 is 1. The Bertz CT molecular complexity index is 603. The van der Waals surface area contributed by atoms with E-state index < -0.39 is 5.82 Å². The second kappa shape index (κ2) is 5.96. The highest BCUT2D eigenvalue weighted by Crippen LogP contribution is 2.20. The van der Waals surface area contributed by atoms with E-state index in [1.807, 2.05) is 30.3 Å². The van der Waals surface area contributed by atoms with Crippen LogP contribution in [0, 0.1) is 5.82 Å². The molecule has 3 heteroatoms. The molecule has 0 aliphatic rings. The molecule has 96 valence electrons. The van der Waals surface area contributed by atoms with Crippen molar-refractivity contribution in [2.45, 2.75) is 0 Å². The standard InChI is InChI=1S/C16H13FO2/c1-19-16-10-8-13(17)11-14(16)15(18)9-7-12-5-3-2-4-6-12/h2-11H,1H3. The number of allylic oxidation sites excluding steroid dienone is 1. The maximum Gasteiger partial charge on any atom is 0.189 e. The molecule has 0 aromatic heterocycles. The van der Waals surface area contributed by atoms with Gasteiger partial charge in [-0.2, -0.15) is 0 Å². The molecule has 0 amide bonds. The van der Waals surface area contributed by atoms with Crippen LogP contribution in [-0.4, -0.2) is 12.9 Å². The van der Waals surface area contributed by atoms with Gasteiger partial charge in [0.05, 0.1) is 12.7 Å². The van der Waals surface area contributed by atoms with Gasteiger partial charge in [0.25, 0.3) is 0 Å². The molecule has 0 atom stereocenters. The summed E-state index contributed by atoms with van der Waals surface area (Å²) in [4.78, 5) is 12.0. The quantitative estimate of drug-likeness (QED) is 0.615. The summed E-state index contributed by atoms with van der Waals surface area (Å²) >= 11 is 0. The maximum atomic E-state index is 13.2. The molecule has 0 fully saturated rings. The Hall–Kier alpha value is -2.42. The third kappa shape index (κ3) is 3.28. The van der Waals surface area contributed by atoms with E-state index in [-0.39, 0.29) is 11.3 Å². The van der Waals surface area contributed by atoms with Gasteiger partial charge in [-0.3, -0.25) is 4.79 Å². The van der Waals surface area contributed by atoms with Crippen molar-refractivity contribution in [3.63, 3.8) is 0 Å². The zero-order valence-corrected chi connectivity index (χ0v) is 10.5. The number of ether oxygens (including phenoxy) is 1. The van der Waals surface area contributed by atoms with Crippen molar-refractivity contribution in [2.24, 2.45) is 0 Å². The van der Waals surface area contributed by atoms with Crippen molar-refractivity contribution >= 4 is 11.9 Å². The smallest absolute Gasteiger partial charge is 0.189 e. The third-order valence-electron chi connectivity index (χ3n) is 2.65. The molecule has 0 spiro atoms. The number of benzene rings is 2. The van der Waals surface area contributed by atoms with Crippen LogP contribution in [0.15, 0.2) is 54.6 Å². The van der Waals surface area contributed by atoms with Crippen molar-refractivity contribution in [1.82, 2.24) is 0 Å². The van der Waals surface area contributed by atoms with E-state index in [2.05, 4.69) is 0 Å². The van der Waals surface area contributed by atoms with Crippen LogP contribution in [0.1, 0.15) is 15.9 Å². The van der Waals surface area contributed by atoms with Gasteiger partial charge in [0.15, 0.2) is 5.78 Å². The van der Waals surface area contributed by atoms with Crippen molar-refractivity contribution < 1.29 is 13.9 Å². The van der Waals surface area contributed by atoms with Gasteiger partial charge in [0.1, 0.15) is 11.6 Å². The Kier molecular flexibility index (Phi) is 4.08. The van der Waals surface area contributed by atoms with Gasteiger partial charge in [0, 0.05) is 0 Å². The van der Waals surface area contributed by atoms with Gasteiger partial charge >= 0.3 is 0 Å². The molecular weight excluding hydrogens is 243 g/mol.